The van der Waals surface area contributed by atoms with E-state index in [1.807, 2.05) is 59.5 Å². The highest BCUT2D eigenvalue weighted by Crippen LogP contribution is 2.41. The standard InChI is InChI=1S/C19H17ClN2O4S2/c20-10-18(23)21-19-22(16-11-28(24,25)12-17(16)27-19)13-6-8-15(9-7-13)26-14-4-2-1-3-5-14/h1-9,16-17H,10-12H2/t16-,17-/m1/s1. The van der Waals surface area contributed by atoms with Gasteiger partial charge in [-0.2, -0.15) is 4.99 Å². The van der Waals surface area contributed by atoms with Gasteiger partial charge in [0, 0.05) is 10.9 Å². The molecule has 0 aromatic heterocycles. The van der Waals surface area contributed by atoms with Crippen LogP contribution in [0.2, 0.25) is 0 Å². The van der Waals surface area contributed by atoms with E-state index >= 15 is 0 Å². The van der Waals surface area contributed by atoms with E-state index in [0.717, 1.165) is 11.4 Å². The Morgan fingerprint density at radius 1 is 1.11 bits per heavy atom. The fourth-order valence-corrected chi connectivity index (χ4v) is 7.29. The van der Waals surface area contributed by atoms with Gasteiger partial charge in [0.15, 0.2) is 15.0 Å². The van der Waals surface area contributed by atoms with Gasteiger partial charge in [-0.15, -0.1) is 11.6 Å². The molecule has 0 saturated carbocycles. The summed E-state index contributed by atoms with van der Waals surface area (Å²) in [6, 6.07) is 16.5. The van der Waals surface area contributed by atoms with Gasteiger partial charge < -0.3 is 9.64 Å². The third-order valence-corrected chi connectivity index (χ3v) is 7.93. The minimum atomic E-state index is -3.11. The Bertz CT molecular complexity index is 1010. The van der Waals surface area contributed by atoms with Gasteiger partial charge in [-0.1, -0.05) is 30.0 Å². The zero-order valence-corrected chi connectivity index (χ0v) is 17.1. The number of thioether (sulfide) groups is 1. The predicted octanol–water partition coefficient (Wildman–Crippen LogP) is 3.32. The van der Waals surface area contributed by atoms with Crippen LogP contribution in [0.5, 0.6) is 11.5 Å². The van der Waals surface area contributed by atoms with E-state index in [4.69, 9.17) is 16.3 Å². The predicted molar refractivity (Wildman–Crippen MR) is 112 cm³/mol. The van der Waals surface area contributed by atoms with Crippen molar-refractivity contribution in [2.75, 3.05) is 22.3 Å². The summed E-state index contributed by atoms with van der Waals surface area (Å²) in [4.78, 5) is 17.7. The molecule has 0 bridgehead atoms. The zero-order valence-electron chi connectivity index (χ0n) is 14.7. The second kappa shape index (κ2) is 7.77. The van der Waals surface area contributed by atoms with Crippen molar-refractivity contribution in [3.8, 4) is 11.5 Å². The molecule has 2 aliphatic rings. The first-order valence-electron chi connectivity index (χ1n) is 8.62. The summed E-state index contributed by atoms with van der Waals surface area (Å²) in [5, 5.41) is 0.347. The summed E-state index contributed by atoms with van der Waals surface area (Å²) in [5.41, 5.74) is 0.763. The summed E-state index contributed by atoms with van der Waals surface area (Å²) < 4.78 is 30.0. The van der Waals surface area contributed by atoms with Crippen LogP contribution in [0.1, 0.15) is 0 Å². The summed E-state index contributed by atoms with van der Waals surface area (Å²) in [5.74, 6) is 0.857. The number of carbonyl (C=O) groups is 1. The first-order chi connectivity index (χ1) is 13.4. The normalized spacial score (nSPS) is 24.3. The Balaban J connectivity index is 1.62. The molecule has 2 aromatic rings. The molecule has 4 rings (SSSR count). The van der Waals surface area contributed by atoms with E-state index < -0.39 is 15.7 Å². The number of sulfone groups is 1. The molecule has 2 aromatic carbocycles. The lowest BCUT2D eigenvalue weighted by Crippen LogP contribution is -2.37. The number of alkyl halides is 1. The third-order valence-electron chi connectivity index (χ3n) is 4.50. The van der Waals surface area contributed by atoms with Crippen molar-refractivity contribution < 1.29 is 17.9 Å². The van der Waals surface area contributed by atoms with Crippen molar-refractivity contribution in [2.24, 2.45) is 4.99 Å². The second-order valence-corrected chi connectivity index (χ2v) is 10.1. The van der Waals surface area contributed by atoms with Crippen molar-refractivity contribution in [3.05, 3.63) is 54.6 Å². The number of hydrogen-bond donors (Lipinski definition) is 0. The number of nitrogens with zero attached hydrogens (tertiary/aromatic N) is 2. The summed E-state index contributed by atoms with van der Waals surface area (Å²) in [6.07, 6.45) is 0. The van der Waals surface area contributed by atoms with Gasteiger partial charge in [0.2, 0.25) is 0 Å². The fraction of sp³-hybridized carbons (Fsp3) is 0.263. The molecule has 6 nitrogen and oxygen atoms in total. The minimum absolute atomic E-state index is 0.0427. The third kappa shape index (κ3) is 4.04. The molecule has 2 aliphatic heterocycles. The van der Waals surface area contributed by atoms with E-state index in [-0.39, 0.29) is 28.7 Å². The van der Waals surface area contributed by atoms with Crippen LogP contribution in [0.15, 0.2) is 59.6 Å². The lowest BCUT2D eigenvalue weighted by Gasteiger charge is -2.24. The average Bonchev–Trinajstić information content (AvgIpc) is 3.14. The molecule has 0 unspecified atom stereocenters. The van der Waals surface area contributed by atoms with Gasteiger partial charge >= 0.3 is 0 Å². The maximum Gasteiger partial charge on any atom is 0.262 e. The average molecular weight is 437 g/mol. The molecule has 2 atom stereocenters. The molecule has 1 amide bonds. The van der Waals surface area contributed by atoms with Crippen LogP contribution < -0.4 is 9.64 Å². The lowest BCUT2D eigenvalue weighted by molar-refractivity contribution is -0.115. The van der Waals surface area contributed by atoms with Crippen LogP contribution in [0.3, 0.4) is 0 Å². The van der Waals surface area contributed by atoms with Crippen molar-refractivity contribution >= 4 is 50.0 Å². The SMILES string of the molecule is O=C(CCl)N=C1S[C@@H]2CS(=O)(=O)C[C@H]2N1c1ccc(Oc2ccccc2)cc1. The van der Waals surface area contributed by atoms with Crippen molar-refractivity contribution in [3.63, 3.8) is 0 Å². The van der Waals surface area contributed by atoms with Crippen LogP contribution in [-0.4, -0.2) is 48.2 Å². The van der Waals surface area contributed by atoms with E-state index in [2.05, 4.69) is 4.99 Å². The number of hydrogen-bond acceptors (Lipinski definition) is 5. The molecule has 0 spiro atoms. The molecule has 9 heteroatoms. The maximum absolute atomic E-state index is 12.1. The van der Waals surface area contributed by atoms with Crippen LogP contribution in [0.25, 0.3) is 0 Å². The van der Waals surface area contributed by atoms with Crippen molar-refractivity contribution in [2.45, 2.75) is 11.3 Å². The van der Waals surface area contributed by atoms with Gasteiger partial charge in [-0.3, -0.25) is 4.79 Å². The van der Waals surface area contributed by atoms with E-state index in [9.17, 15) is 13.2 Å². The number of ether oxygens (including phenoxy) is 1. The van der Waals surface area contributed by atoms with Crippen LogP contribution in [0, 0.1) is 0 Å². The highest BCUT2D eigenvalue weighted by atomic mass is 35.5. The number of para-hydroxylation sites is 1. The van der Waals surface area contributed by atoms with Crippen molar-refractivity contribution in [1.29, 1.82) is 0 Å². The van der Waals surface area contributed by atoms with Gasteiger partial charge in [0.05, 0.1) is 17.5 Å². The number of halogens is 1. The number of amidine groups is 1. The molecule has 0 radical (unpaired) electrons. The first-order valence-corrected chi connectivity index (χ1v) is 11.9. The van der Waals surface area contributed by atoms with Crippen LogP contribution in [0.4, 0.5) is 5.69 Å². The monoisotopic (exact) mass is 436 g/mol. The Labute approximate surface area is 172 Å². The molecule has 0 aliphatic carbocycles. The fourth-order valence-electron chi connectivity index (χ4n) is 3.30. The van der Waals surface area contributed by atoms with Gasteiger partial charge in [-0.05, 0) is 36.4 Å². The van der Waals surface area contributed by atoms with Gasteiger partial charge in [0.1, 0.15) is 17.4 Å². The molecule has 28 heavy (non-hydrogen) atoms. The summed E-state index contributed by atoms with van der Waals surface area (Å²) in [6.45, 7) is 0. The number of fused-ring (bicyclic) bond motifs is 1. The Hall–Kier alpha value is -2.03. The lowest BCUT2D eigenvalue weighted by atomic mass is 10.2. The zero-order chi connectivity index (χ0) is 19.7. The molecule has 146 valence electrons. The number of rotatable bonds is 4. The van der Waals surface area contributed by atoms with E-state index in [1.54, 1.807) is 0 Å². The van der Waals surface area contributed by atoms with Crippen molar-refractivity contribution in [1.82, 2.24) is 0 Å². The van der Waals surface area contributed by atoms with Crippen LogP contribution in [-0.2, 0) is 14.6 Å². The summed E-state index contributed by atoms with van der Waals surface area (Å²) in [7, 11) is -3.11. The van der Waals surface area contributed by atoms with E-state index in [0.29, 0.717) is 10.9 Å². The first kappa shape index (κ1) is 19.3. The number of amides is 1. The number of aliphatic imine (C=N–C) groups is 1. The Morgan fingerprint density at radius 3 is 2.46 bits per heavy atom. The minimum Gasteiger partial charge on any atom is -0.457 e. The highest BCUT2D eigenvalue weighted by Gasteiger charge is 2.49. The molecule has 2 heterocycles. The highest BCUT2D eigenvalue weighted by molar-refractivity contribution is 8.16. The molecule has 2 saturated heterocycles. The Kier molecular flexibility index (Phi) is 5.35. The topological polar surface area (TPSA) is 76.0 Å². The number of carbonyl (C=O) groups excluding carboxylic acids is 1. The van der Waals surface area contributed by atoms with E-state index in [1.165, 1.54) is 11.8 Å². The largest absolute Gasteiger partial charge is 0.457 e. The summed E-state index contributed by atoms with van der Waals surface area (Å²) >= 11 is 6.91. The van der Waals surface area contributed by atoms with Gasteiger partial charge in [0.25, 0.3) is 5.91 Å². The molecular weight excluding hydrogens is 420 g/mol. The number of anilines is 1. The quantitative estimate of drug-likeness (QED) is 0.684. The molecule has 2 fully saturated rings. The Morgan fingerprint density at radius 2 is 1.79 bits per heavy atom. The van der Waals surface area contributed by atoms with Gasteiger partial charge in [-0.25, -0.2) is 8.42 Å². The van der Waals surface area contributed by atoms with Crippen LogP contribution >= 0.6 is 23.4 Å². The maximum atomic E-state index is 12.1. The second-order valence-electron chi connectivity index (χ2n) is 6.50. The molecule has 0 N–H and O–H groups in total. The number of benzene rings is 2. The molecular formula is C19H17ClN2O4S2. The smallest absolute Gasteiger partial charge is 0.262 e.